The van der Waals surface area contributed by atoms with E-state index in [-0.39, 0.29) is 0 Å². The number of methoxy groups -OCH3 is 1. The number of hydrogen-bond acceptors (Lipinski definition) is 5. The molecule has 0 fully saturated rings. The van der Waals surface area contributed by atoms with Crippen LogP contribution in [0.15, 0.2) is 53.7 Å². The van der Waals surface area contributed by atoms with E-state index in [1.54, 1.807) is 18.9 Å². The molecule has 0 atom stereocenters. The van der Waals surface area contributed by atoms with Gasteiger partial charge in [-0.1, -0.05) is 43.0 Å². The first-order valence-corrected chi connectivity index (χ1v) is 10.1. The Labute approximate surface area is 164 Å². The quantitative estimate of drug-likeness (QED) is 0.500. The van der Waals surface area contributed by atoms with Gasteiger partial charge in [0.2, 0.25) is 0 Å². The first-order valence-electron chi connectivity index (χ1n) is 9.13. The van der Waals surface area contributed by atoms with Crippen LogP contribution >= 0.6 is 11.8 Å². The van der Waals surface area contributed by atoms with E-state index >= 15 is 0 Å². The van der Waals surface area contributed by atoms with Gasteiger partial charge in [0, 0.05) is 12.3 Å². The largest absolute Gasteiger partial charge is 0.497 e. The maximum absolute atomic E-state index is 5.89. The molecule has 142 valence electrons. The van der Waals surface area contributed by atoms with E-state index in [4.69, 9.17) is 9.47 Å². The standard InChI is InChI=1S/C21H25N3O2S/c1-4-16-9-11-18(12-10-16)26-14-20-22-23-21(24(20)5-2)27-15-17-7-6-8-19(13-17)25-3/h6-13H,4-5,14-15H2,1-3H3. The normalized spacial score (nSPS) is 10.8. The molecule has 5 nitrogen and oxygen atoms in total. The molecule has 6 heteroatoms. The van der Waals surface area contributed by atoms with E-state index in [1.165, 1.54) is 11.1 Å². The van der Waals surface area contributed by atoms with Crippen LogP contribution in [0.4, 0.5) is 0 Å². The SMILES string of the molecule is CCc1ccc(OCc2nnc(SCc3cccc(OC)c3)n2CC)cc1. The molecule has 0 saturated heterocycles. The summed E-state index contributed by atoms with van der Waals surface area (Å²) in [5.41, 5.74) is 2.49. The van der Waals surface area contributed by atoms with Crippen LogP contribution in [-0.4, -0.2) is 21.9 Å². The fraction of sp³-hybridized carbons (Fsp3) is 0.333. The van der Waals surface area contributed by atoms with E-state index in [0.29, 0.717) is 6.61 Å². The molecule has 0 saturated carbocycles. The van der Waals surface area contributed by atoms with Gasteiger partial charge in [0.25, 0.3) is 0 Å². The molecule has 0 N–H and O–H groups in total. The van der Waals surface area contributed by atoms with Crippen LogP contribution in [0.1, 0.15) is 30.8 Å². The van der Waals surface area contributed by atoms with E-state index in [2.05, 4.69) is 46.8 Å². The molecule has 0 unspecified atom stereocenters. The van der Waals surface area contributed by atoms with Crippen LogP contribution < -0.4 is 9.47 Å². The zero-order valence-electron chi connectivity index (χ0n) is 16.0. The van der Waals surface area contributed by atoms with Crippen molar-refractivity contribution in [2.75, 3.05) is 7.11 Å². The molecule has 3 rings (SSSR count). The average molecular weight is 384 g/mol. The summed E-state index contributed by atoms with van der Waals surface area (Å²) in [4.78, 5) is 0. The summed E-state index contributed by atoms with van der Waals surface area (Å²) in [7, 11) is 1.68. The van der Waals surface area contributed by atoms with Gasteiger partial charge in [0.1, 0.15) is 18.1 Å². The molecule has 0 aliphatic heterocycles. The summed E-state index contributed by atoms with van der Waals surface area (Å²) >= 11 is 1.67. The molecule has 0 bridgehead atoms. The summed E-state index contributed by atoms with van der Waals surface area (Å²) in [6.45, 7) is 5.45. The van der Waals surface area contributed by atoms with Crippen molar-refractivity contribution >= 4 is 11.8 Å². The van der Waals surface area contributed by atoms with E-state index in [9.17, 15) is 0 Å². The topological polar surface area (TPSA) is 49.2 Å². The van der Waals surface area contributed by atoms with Crippen LogP contribution in [0.2, 0.25) is 0 Å². The summed E-state index contributed by atoms with van der Waals surface area (Å²) in [6.07, 6.45) is 1.03. The number of rotatable bonds is 9. The Bertz CT molecular complexity index is 862. The Balaban J connectivity index is 1.63. The molecule has 1 heterocycles. The van der Waals surface area contributed by atoms with Crippen molar-refractivity contribution in [2.24, 2.45) is 0 Å². The minimum atomic E-state index is 0.409. The third-order valence-electron chi connectivity index (χ3n) is 4.31. The van der Waals surface area contributed by atoms with Crippen LogP contribution in [0.25, 0.3) is 0 Å². The zero-order valence-corrected chi connectivity index (χ0v) is 16.8. The highest BCUT2D eigenvalue weighted by molar-refractivity contribution is 7.98. The van der Waals surface area contributed by atoms with Crippen LogP contribution in [-0.2, 0) is 25.3 Å². The summed E-state index contributed by atoms with van der Waals surface area (Å²) in [6, 6.07) is 16.3. The Kier molecular flexibility index (Phi) is 6.76. The molecule has 0 amide bonds. The fourth-order valence-corrected chi connectivity index (χ4v) is 3.69. The van der Waals surface area contributed by atoms with Crippen molar-refractivity contribution in [3.63, 3.8) is 0 Å². The highest BCUT2D eigenvalue weighted by atomic mass is 32.2. The van der Waals surface area contributed by atoms with Gasteiger partial charge in [-0.3, -0.25) is 0 Å². The highest BCUT2D eigenvalue weighted by Crippen LogP contribution is 2.24. The van der Waals surface area contributed by atoms with Crippen molar-refractivity contribution in [1.82, 2.24) is 14.8 Å². The van der Waals surface area contributed by atoms with Gasteiger partial charge >= 0.3 is 0 Å². The Morgan fingerprint density at radius 3 is 2.48 bits per heavy atom. The van der Waals surface area contributed by atoms with Crippen molar-refractivity contribution in [1.29, 1.82) is 0 Å². The average Bonchev–Trinajstić information content (AvgIpc) is 3.13. The minimum Gasteiger partial charge on any atom is -0.497 e. The van der Waals surface area contributed by atoms with Gasteiger partial charge < -0.3 is 14.0 Å². The molecule has 2 aromatic carbocycles. The second-order valence-corrected chi connectivity index (χ2v) is 7.01. The Morgan fingerprint density at radius 1 is 0.963 bits per heavy atom. The van der Waals surface area contributed by atoms with Crippen molar-refractivity contribution in [2.45, 2.75) is 44.3 Å². The summed E-state index contributed by atoms with van der Waals surface area (Å²) in [5.74, 6) is 3.37. The maximum atomic E-state index is 5.89. The number of ether oxygens (including phenoxy) is 2. The summed E-state index contributed by atoms with van der Waals surface area (Å²) < 4.78 is 13.3. The Hall–Kier alpha value is -2.47. The van der Waals surface area contributed by atoms with Crippen LogP contribution in [0.5, 0.6) is 11.5 Å². The highest BCUT2D eigenvalue weighted by Gasteiger charge is 2.12. The van der Waals surface area contributed by atoms with Gasteiger partial charge in [0.15, 0.2) is 11.0 Å². The fourth-order valence-electron chi connectivity index (χ4n) is 2.73. The van der Waals surface area contributed by atoms with Crippen molar-refractivity contribution < 1.29 is 9.47 Å². The van der Waals surface area contributed by atoms with E-state index in [0.717, 1.165) is 41.2 Å². The van der Waals surface area contributed by atoms with Crippen molar-refractivity contribution in [3.05, 3.63) is 65.5 Å². The van der Waals surface area contributed by atoms with E-state index < -0.39 is 0 Å². The summed E-state index contributed by atoms with van der Waals surface area (Å²) in [5, 5.41) is 9.58. The van der Waals surface area contributed by atoms with E-state index in [1.807, 2.05) is 30.3 Å². The molecule has 0 aliphatic carbocycles. The lowest BCUT2D eigenvalue weighted by atomic mass is 10.2. The molecule has 27 heavy (non-hydrogen) atoms. The second-order valence-electron chi connectivity index (χ2n) is 6.07. The molecule has 0 aliphatic rings. The third kappa shape index (κ3) is 5.04. The van der Waals surface area contributed by atoms with Gasteiger partial charge in [-0.25, -0.2) is 0 Å². The number of nitrogens with zero attached hydrogens (tertiary/aromatic N) is 3. The van der Waals surface area contributed by atoms with Crippen LogP contribution in [0.3, 0.4) is 0 Å². The molecule has 0 spiro atoms. The number of aryl methyl sites for hydroxylation is 1. The van der Waals surface area contributed by atoms with Gasteiger partial charge in [-0.2, -0.15) is 0 Å². The lowest BCUT2D eigenvalue weighted by molar-refractivity contribution is 0.288. The monoisotopic (exact) mass is 383 g/mol. The zero-order chi connectivity index (χ0) is 19.1. The number of hydrogen-bond donors (Lipinski definition) is 0. The Morgan fingerprint density at radius 2 is 1.78 bits per heavy atom. The predicted octanol–water partition coefficient (Wildman–Crippen LogP) is 4.74. The van der Waals surface area contributed by atoms with Crippen molar-refractivity contribution in [3.8, 4) is 11.5 Å². The molecular formula is C21H25N3O2S. The smallest absolute Gasteiger partial charge is 0.191 e. The first kappa shape index (κ1) is 19.3. The van der Waals surface area contributed by atoms with Crippen LogP contribution in [0, 0.1) is 0 Å². The van der Waals surface area contributed by atoms with Gasteiger partial charge in [-0.05, 0) is 48.7 Å². The lowest BCUT2D eigenvalue weighted by Gasteiger charge is -2.09. The number of aromatic nitrogens is 3. The molecule has 1 aromatic heterocycles. The molecule has 3 aromatic rings. The molecular weight excluding hydrogens is 358 g/mol. The van der Waals surface area contributed by atoms with Gasteiger partial charge in [-0.15, -0.1) is 10.2 Å². The maximum Gasteiger partial charge on any atom is 0.191 e. The lowest BCUT2D eigenvalue weighted by Crippen LogP contribution is -2.07. The molecule has 0 radical (unpaired) electrons. The predicted molar refractivity (Wildman–Crippen MR) is 108 cm³/mol. The number of thioether (sulfide) groups is 1. The third-order valence-corrected chi connectivity index (χ3v) is 5.35. The van der Waals surface area contributed by atoms with Gasteiger partial charge in [0.05, 0.1) is 7.11 Å². The number of benzene rings is 2. The minimum absolute atomic E-state index is 0.409. The second kappa shape index (κ2) is 9.46. The first-order chi connectivity index (χ1) is 13.2.